The maximum atomic E-state index is 11.5. The Labute approximate surface area is 337 Å². The molecule has 2 aliphatic carbocycles. The van der Waals surface area contributed by atoms with Gasteiger partial charge in [0.05, 0.1) is 12.5 Å². The topological polar surface area (TPSA) is 108 Å². The number of nitrogens with zero attached hydrogens (tertiary/aromatic N) is 1. The van der Waals surface area contributed by atoms with Gasteiger partial charge in [-0.05, 0) is 107 Å². The molecule has 0 spiro atoms. The molecule has 2 heterocycles. The second-order valence-corrected chi connectivity index (χ2v) is 20.0. The van der Waals surface area contributed by atoms with Crippen molar-refractivity contribution in [2.75, 3.05) is 48.1 Å². The number of piperidine rings is 2. The van der Waals surface area contributed by atoms with Gasteiger partial charge in [0, 0.05) is 50.6 Å². The molecule has 0 radical (unpaired) electrons. The van der Waals surface area contributed by atoms with Crippen LogP contribution in [0.1, 0.15) is 63.9 Å². The van der Waals surface area contributed by atoms with Crippen molar-refractivity contribution in [1.29, 1.82) is 0 Å². The molecule has 2 aliphatic heterocycles. The molecular formula is C44H61ClN4O4S2. The van der Waals surface area contributed by atoms with Gasteiger partial charge in [0.2, 0.25) is 20.0 Å². The minimum atomic E-state index is -3.24. The van der Waals surface area contributed by atoms with Crippen molar-refractivity contribution in [1.82, 2.24) is 10.2 Å². The van der Waals surface area contributed by atoms with Crippen LogP contribution in [0.3, 0.4) is 0 Å². The van der Waals surface area contributed by atoms with E-state index in [1.165, 1.54) is 45.9 Å². The van der Waals surface area contributed by atoms with Crippen LogP contribution in [-0.2, 0) is 56.1 Å². The average molecular weight is 810 g/mol. The molecule has 4 atom stereocenters. The number of rotatable bonds is 11. The van der Waals surface area contributed by atoms with Crippen LogP contribution in [0.15, 0.2) is 97.1 Å². The zero-order valence-electron chi connectivity index (χ0n) is 33.0. The summed E-state index contributed by atoms with van der Waals surface area (Å²) in [5, 5.41) is 3.39. The fraction of sp³-hybridized carbons (Fsp3) is 0.455. The van der Waals surface area contributed by atoms with Crippen LogP contribution in [0.2, 0.25) is 0 Å². The Bertz CT molecular complexity index is 2130. The third-order valence-corrected chi connectivity index (χ3v) is 14.0. The number of nitrogens with one attached hydrogen (secondary N) is 3. The number of fused-ring (bicyclic) bond motifs is 2. The maximum Gasteiger partial charge on any atom is 0.229 e. The standard InChI is InChI=1S/C22H28N2O2S.C13H18N2O2S.C9H11Cl.2H2/c1-4-16-8-10-17(11-9-16)13-24-14-20-21(15-24)22(20,2)18-6-5-7-19(12-18)23-27(3,25)26;1-13(11-7-14-8-12(11)13)9-4-3-5-10(6-9)15-18(2,16)17;1-2-8-3-5-9(7-10)6-4-8;;/h5-12,20-21,23H,4,13-15H2,1-3H3;3-6,11-12,14-15H,7-8H2,1-2H3;3-6H,2,7H2,1H3;2*1H. The molecule has 0 amide bonds. The van der Waals surface area contributed by atoms with Crippen LogP contribution >= 0.6 is 11.6 Å². The predicted molar refractivity (Wildman–Crippen MR) is 232 cm³/mol. The second-order valence-electron chi connectivity index (χ2n) is 16.2. The molecule has 8 nitrogen and oxygen atoms in total. The SMILES string of the molecule is CC1(c2cccc(NS(C)(=O)=O)c2)C2CNCC21.CCc1ccc(CCl)cc1.CCc1ccc(CN2CC3C(C2)C3(C)c2cccc(NS(C)(=O)=O)c2)cc1.[HH].[HH]. The number of benzene rings is 4. The van der Waals surface area contributed by atoms with Crippen molar-refractivity contribution in [3.8, 4) is 0 Å². The van der Waals surface area contributed by atoms with E-state index in [4.69, 9.17) is 11.6 Å². The number of hydrogen-bond donors (Lipinski definition) is 3. The van der Waals surface area contributed by atoms with E-state index in [-0.39, 0.29) is 13.7 Å². The molecular weight excluding hydrogens is 748 g/mol. The monoisotopic (exact) mass is 808 g/mol. The first-order valence-electron chi connectivity index (χ1n) is 19.4. The van der Waals surface area contributed by atoms with Crippen LogP contribution in [0.25, 0.3) is 0 Å². The summed E-state index contributed by atoms with van der Waals surface area (Å²) in [5.74, 6) is 3.32. The van der Waals surface area contributed by atoms with Crippen molar-refractivity contribution in [3.63, 3.8) is 0 Å². The third kappa shape index (κ3) is 9.77. The number of likely N-dealkylation sites (tertiary alicyclic amines) is 1. The van der Waals surface area contributed by atoms with E-state index in [0.717, 1.165) is 45.6 Å². The van der Waals surface area contributed by atoms with Gasteiger partial charge >= 0.3 is 0 Å². The van der Waals surface area contributed by atoms with E-state index in [9.17, 15) is 16.8 Å². The quantitative estimate of drug-likeness (QED) is 0.132. The van der Waals surface area contributed by atoms with E-state index in [2.05, 4.69) is 108 Å². The highest BCUT2D eigenvalue weighted by molar-refractivity contribution is 7.92. The Balaban J connectivity index is 0.000000207. The van der Waals surface area contributed by atoms with Gasteiger partial charge < -0.3 is 5.32 Å². The summed E-state index contributed by atoms with van der Waals surface area (Å²) in [6.07, 6.45) is 4.55. The zero-order chi connectivity index (χ0) is 39.6. The molecule has 4 aliphatic rings. The normalized spacial score (nSPS) is 26.4. The van der Waals surface area contributed by atoms with Gasteiger partial charge in [0.25, 0.3) is 0 Å². The summed E-state index contributed by atoms with van der Waals surface area (Å²) in [7, 11) is -6.44. The molecule has 2 saturated carbocycles. The summed E-state index contributed by atoms with van der Waals surface area (Å²) in [6.45, 7) is 14.3. The Morgan fingerprint density at radius 1 is 0.655 bits per heavy atom. The van der Waals surface area contributed by atoms with Gasteiger partial charge in [-0.1, -0.05) is 100 Å². The summed E-state index contributed by atoms with van der Waals surface area (Å²) < 4.78 is 50.7. The molecule has 8 rings (SSSR count). The lowest BCUT2D eigenvalue weighted by Crippen LogP contribution is -2.28. The van der Waals surface area contributed by atoms with E-state index in [1.54, 1.807) is 6.07 Å². The van der Waals surface area contributed by atoms with Gasteiger partial charge in [-0.2, -0.15) is 0 Å². The first-order chi connectivity index (χ1) is 26.1. The predicted octanol–water partition coefficient (Wildman–Crippen LogP) is 8.28. The Morgan fingerprint density at radius 2 is 1.05 bits per heavy atom. The van der Waals surface area contributed by atoms with E-state index in [0.29, 0.717) is 40.9 Å². The number of alkyl halides is 1. The first kappa shape index (κ1) is 41.2. The fourth-order valence-electron chi connectivity index (χ4n) is 9.02. The van der Waals surface area contributed by atoms with Gasteiger partial charge in [0.15, 0.2) is 0 Å². The molecule has 2 saturated heterocycles. The van der Waals surface area contributed by atoms with Gasteiger partial charge in [-0.25, -0.2) is 16.8 Å². The minimum Gasteiger partial charge on any atom is -0.316 e. The van der Waals surface area contributed by atoms with E-state index < -0.39 is 20.0 Å². The average Bonchev–Trinajstić information content (AvgIpc) is 3.61. The molecule has 11 heteroatoms. The molecule has 4 aromatic rings. The van der Waals surface area contributed by atoms with Crippen molar-refractivity contribution in [2.24, 2.45) is 23.7 Å². The lowest BCUT2D eigenvalue weighted by molar-refractivity contribution is 0.270. The smallest absolute Gasteiger partial charge is 0.229 e. The number of sulfonamides is 2. The van der Waals surface area contributed by atoms with Crippen molar-refractivity contribution < 1.29 is 19.7 Å². The summed E-state index contributed by atoms with van der Waals surface area (Å²) in [4.78, 5) is 2.55. The number of halogens is 1. The molecule has 3 N–H and O–H groups in total. The summed E-state index contributed by atoms with van der Waals surface area (Å²) in [6, 6.07) is 33.1. The van der Waals surface area contributed by atoms with Crippen molar-refractivity contribution >= 4 is 43.0 Å². The number of aryl methyl sites for hydroxylation is 2. The number of hydrogen-bond acceptors (Lipinski definition) is 6. The first-order valence-corrected chi connectivity index (χ1v) is 23.7. The third-order valence-electron chi connectivity index (χ3n) is 12.5. The molecule has 0 aromatic heterocycles. The lowest BCUT2D eigenvalue weighted by Gasteiger charge is -2.25. The van der Waals surface area contributed by atoms with Crippen LogP contribution in [0, 0.1) is 23.7 Å². The highest BCUT2D eigenvalue weighted by atomic mass is 35.5. The van der Waals surface area contributed by atoms with Crippen LogP contribution < -0.4 is 14.8 Å². The Kier molecular flexibility index (Phi) is 12.4. The largest absolute Gasteiger partial charge is 0.316 e. The lowest BCUT2D eigenvalue weighted by atomic mass is 9.92. The highest BCUT2D eigenvalue weighted by Gasteiger charge is 2.65. The Morgan fingerprint density at radius 3 is 1.45 bits per heavy atom. The maximum absolute atomic E-state index is 11.5. The highest BCUT2D eigenvalue weighted by Crippen LogP contribution is 2.64. The van der Waals surface area contributed by atoms with E-state index >= 15 is 0 Å². The van der Waals surface area contributed by atoms with Crippen molar-refractivity contribution in [2.45, 2.75) is 63.8 Å². The Hall–Kier alpha value is -3.41. The molecule has 4 unspecified atom stereocenters. The summed E-state index contributed by atoms with van der Waals surface area (Å²) >= 11 is 5.62. The molecule has 4 aromatic carbocycles. The molecule has 0 bridgehead atoms. The van der Waals surface area contributed by atoms with Gasteiger partial charge in [-0.3, -0.25) is 14.3 Å². The zero-order valence-corrected chi connectivity index (χ0v) is 35.4. The van der Waals surface area contributed by atoms with Crippen LogP contribution in [0.4, 0.5) is 11.4 Å². The molecule has 4 fully saturated rings. The number of anilines is 2. The minimum absolute atomic E-state index is 0. The van der Waals surface area contributed by atoms with E-state index in [1.807, 2.05) is 30.3 Å². The fourth-order valence-corrected chi connectivity index (χ4v) is 10.3. The van der Waals surface area contributed by atoms with Crippen molar-refractivity contribution in [3.05, 3.63) is 130 Å². The summed E-state index contributed by atoms with van der Waals surface area (Å²) in [5.41, 5.74) is 9.53. The molecule has 300 valence electrons. The van der Waals surface area contributed by atoms with Crippen LogP contribution in [0.5, 0.6) is 0 Å². The van der Waals surface area contributed by atoms with Gasteiger partial charge in [-0.15, -0.1) is 11.6 Å². The molecule has 55 heavy (non-hydrogen) atoms. The van der Waals surface area contributed by atoms with Crippen LogP contribution in [-0.4, -0.2) is 60.4 Å². The van der Waals surface area contributed by atoms with Gasteiger partial charge in [0.1, 0.15) is 0 Å². The second kappa shape index (κ2) is 16.6.